The lowest BCUT2D eigenvalue weighted by atomic mass is 10.0. The number of carbonyl (C=O) groups is 2. The van der Waals surface area contributed by atoms with Gasteiger partial charge in [0, 0.05) is 27.7 Å². The van der Waals surface area contributed by atoms with E-state index in [-0.39, 0.29) is 28.5 Å². The summed E-state index contributed by atoms with van der Waals surface area (Å²) in [5.74, 6) is -0.939. The third-order valence-electron chi connectivity index (χ3n) is 5.51. The summed E-state index contributed by atoms with van der Waals surface area (Å²) in [6, 6.07) is 27.7. The average molecular weight is 553 g/mol. The SMILES string of the molecule is O=C(CN(Cc1ccc(Cl)cc1)S(=O)(=O)c1ccccc1)Nc1ccc(Cl)cc1C(=O)c1ccccc1. The highest BCUT2D eigenvalue weighted by atomic mass is 35.5. The highest BCUT2D eigenvalue weighted by Gasteiger charge is 2.27. The quantitative estimate of drug-likeness (QED) is 0.256. The van der Waals surface area contributed by atoms with Crippen molar-refractivity contribution in [2.75, 3.05) is 11.9 Å². The van der Waals surface area contributed by atoms with E-state index in [0.29, 0.717) is 21.2 Å². The van der Waals surface area contributed by atoms with Crippen LogP contribution >= 0.6 is 23.2 Å². The predicted octanol–water partition coefficient (Wildman–Crippen LogP) is 6.05. The summed E-state index contributed by atoms with van der Waals surface area (Å²) in [4.78, 5) is 26.3. The van der Waals surface area contributed by atoms with Crippen molar-refractivity contribution in [3.8, 4) is 0 Å². The Labute approximate surface area is 225 Å². The molecule has 4 aromatic carbocycles. The Morgan fingerprint density at radius 1 is 0.757 bits per heavy atom. The van der Waals surface area contributed by atoms with Crippen LogP contribution in [0.4, 0.5) is 5.69 Å². The minimum Gasteiger partial charge on any atom is -0.324 e. The maximum atomic E-state index is 13.4. The molecule has 0 aliphatic carbocycles. The summed E-state index contributed by atoms with van der Waals surface area (Å²) >= 11 is 12.1. The minimum atomic E-state index is -4.02. The van der Waals surface area contributed by atoms with E-state index in [1.54, 1.807) is 78.9 Å². The van der Waals surface area contributed by atoms with Gasteiger partial charge in [-0.2, -0.15) is 4.31 Å². The second kappa shape index (κ2) is 11.7. The fraction of sp³-hybridized carbons (Fsp3) is 0.0714. The van der Waals surface area contributed by atoms with E-state index >= 15 is 0 Å². The first-order valence-electron chi connectivity index (χ1n) is 11.2. The van der Waals surface area contributed by atoms with Crippen LogP contribution in [0, 0.1) is 0 Å². The van der Waals surface area contributed by atoms with Crippen LogP contribution in [0.5, 0.6) is 0 Å². The normalized spacial score (nSPS) is 11.3. The Kier molecular flexibility index (Phi) is 8.41. The van der Waals surface area contributed by atoms with Crippen molar-refractivity contribution in [1.29, 1.82) is 0 Å². The van der Waals surface area contributed by atoms with Gasteiger partial charge in [-0.1, -0.05) is 83.9 Å². The molecule has 1 amide bonds. The zero-order valence-electron chi connectivity index (χ0n) is 19.5. The molecular formula is C28H22Cl2N2O4S. The van der Waals surface area contributed by atoms with E-state index in [2.05, 4.69) is 5.32 Å². The Hall–Kier alpha value is -3.49. The number of hydrogen-bond donors (Lipinski definition) is 1. The highest BCUT2D eigenvalue weighted by molar-refractivity contribution is 7.89. The summed E-state index contributed by atoms with van der Waals surface area (Å²) in [5, 5.41) is 3.53. The van der Waals surface area contributed by atoms with Crippen LogP contribution in [0.1, 0.15) is 21.5 Å². The van der Waals surface area contributed by atoms with Crippen molar-refractivity contribution in [1.82, 2.24) is 4.31 Å². The third kappa shape index (κ3) is 6.64. The van der Waals surface area contributed by atoms with E-state index in [4.69, 9.17) is 23.2 Å². The van der Waals surface area contributed by atoms with Gasteiger partial charge in [-0.05, 0) is 48.0 Å². The Morgan fingerprint density at radius 2 is 1.35 bits per heavy atom. The van der Waals surface area contributed by atoms with E-state index < -0.39 is 22.5 Å². The zero-order valence-corrected chi connectivity index (χ0v) is 21.8. The molecule has 188 valence electrons. The molecule has 0 radical (unpaired) electrons. The summed E-state index contributed by atoms with van der Waals surface area (Å²) in [7, 11) is -4.02. The van der Waals surface area contributed by atoms with Gasteiger partial charge in [-0.25, -0.2) is 8.42 Å². The molecule has 0 fully saturated rings. The van der Waals surface area contributed by atoms with Crippen LogP contribution in [0.3, 0.4) is 0 Å². The van der Waals surface area contributed by atoms with Crippen LogP contribution in [0.15, 0.2) is 108 Å². The first kappa shape index (κ1) is 26.6. The fourth-order valence-electron chi connectivity index (χ4n) is 3.67. The molecule has 0 atom stereocenters. The van der Waals surface area contributed by atoms with Gasteiger partial charge in [0.25, 0.3) is 0 Å². The van der Waals surface area contributed by atoms with Crippen LogP contribution < -0.4 is 5.32 Å². The molecular weight excluding hydrogens is 531 g/mol. The number of nitrogens with one attached hydrogen (secondary N) is 1. The van der Waals surface area contributed by atoms with Gasteiger partial charge >= 0.3 is 0 Å². The monoisotopic (exact) mass is 552 g/mol. The maximum Gasteiger partial charge on any atom is 0.243 e. The lowest BCUT2D eigenvalue weighted by Gasteiger charge is -2.22. The molecule has 0 unspecified atom stereocenters. The molecule has 1 N–H and O–H groups in total. The number of rotatable bonds is 9. The topological polar surface area (TPSA) is 83.6 Å². The van der Waals surface area contributed by atoms with E-state index in [0.717, 1.165) is 4.31 Å². The third-order valence-corrected chi connectivity index (χ3v) is 7.80. The molecule has 4 rings (SSSR count). The first-order valence-corrected chi connectivity index (χ1v) is 13.4. The Balaban J connectivity index is 1.62. The van der Waals surface area contributed by atoms with Crippen molar-refractivity contribution in [3.63, 3.8) is 0 Å². The number of sulfonamides is 1. The van der Waals surface area contributed by atoms with Gasteiger partial charge in [0.15, 0.2) is 5.78 Å². The summed E-state index contributed by atoms with van der Waals surface area (Å²) in [6.07, 6.45) is 0. The van der Waals surface area contributed by atoms with Gasteiger partial charge < -0.3 is 5.32 Å². The second-order valence-electron chi connectivity index (χ2n) is 8.15. The van der Waals surface area contributed by atoms with Gasteiger partial charge in [-0.15, -0.1) is 0 Å². The number of hydrogen-bond acceptors (Lipinski definition) is 4. The van der Waals surface area contributed by atoms with Gasteiger partial charge in [0.2, 0.25) is 15.9 Å². The molecule has 0 aliphatic rings. The van der Waals surface area contributed by atoms with Gasteiger partial charge in [-0.3, -0.25) is 9.59 Å². The van der Waals surface area contributed by atoms with Crippen molar-refractivity contribution >= 4 is 50.6 Å². The number of ketones is 1. The smallest absolute Gasteiger partial charge is 0.243 e. The van der Waals surface area contributed by atoms with Crippen LogP contribution in [0.2, 0.25) is 10.0 Å². The molecule has 4 aromatic rings. The second-order valence-corrected chi connectivity index (χ2v) is 11.0. The number of amides is 1. The average Bonchev–Trinajstić information content (AvgIpc) is 2.91. The van der Waals surface area contributed by atoms with Crippen LogP contribution in [-0.2, 0) is 21.4 Å². The number of benzene rings is 4. The largest absolute Gasteiger partial charge is 0.324 e. The molecule has 0 saturated carbocycles. The molecule has 0 aliphatic heterocycles. The van der Waals surface area contributed by atoms with E-state index in [1.165, 1.54) is 24.3 Å². The van der Waals surface area contributed by atoms with Crippen molar-refractivity contribution < 1.29 is 18.0 Å². The van der Waals surface area contributed by atoms with Gasteiger partial charge in [0.1, 0.15) is 0 Å². The summed E-state index contributed by atoms with van der Waals surface area (Å²) in [5.41, 5.74) is 1.51. The van der Waals surface area contributed by atoms with E-state index in [9.17, 15) is 18.0 Å². The van der Waals surface area contributed by atoms with Crippen molar-refractivity contribution in [2.24, 2.45) is 0 Å². The lowest BCUT2D eigenvalue weighted by Crippen LogP contribution is -2.37. The molecule has 0 saturated heterocycles. The van der Waals surface area contributed by atoms with Crippen molar-refractivity contribution in [2.45, 2.75) is 11.4 Å². The summed E-state index contributed by atoms with van der Waals surface area (Å²) in [6.45, 7) is -0.542. The molecule has 0 heterocycles. The molecule has 0 aromatic heterocycles. The molecule has 6 nitrogen and oxygen atoms in total. The Bertz CT molecular complexity index is 1510. The fourth-order valence-corrected chi connectivity index (χ4v) is 5.37. The maximum absolute atomic E-state index is 13.4. The Morgan fingerprint density at radius 3 is 2.00 bits per heavy atom. The number of carbonyl (C=O) groups excluding carboxylic acids is 2. The standard InChI is InChI=1S/C28H22Cl2N2O4S/c29-22-13-11-20(12-14-22)18-32(37(35,36)24-9-5-2-6-10-24)19-27(33)31-26-16-15-23(30)17-25(26)28(34)21-7-3-1-4-8-21/h1-17H,18-19H2,(H,31,33). The molecule has 0 bridgehead atoms. The molecule has 9 heteroatoms. The summed E-state index contributed by atoms with van der Waals surface area (Å²) < 4.78 is 28.0. The van der Waals surface area contributed by atoms with E-state index in [1.807, 2.05) is 0 Å². The molecule has 0 spiro atoms. The first-order chi connectivity index (χ1) is 17.7. The van der Waals surface area contributed by atoms with Crippen LogP contribution in [-0.4, -0.2) is 31.0 Å². The van der Waals surface area contributed by atoms with Crippen molar-refractivity contribution in [3.05, 3.63) is 130 Å². The van der Waals surface area contributed by atoms with Gasteiger partial charge in [0.05, 0.1) is 17.1 Å². The molecule has 37 heavy (non-hydrogen) atoms. The lowest BCUT2D eigenvalue weighted by molar-refractivity contribution is -0.116. The number of halogens is 2. The number of anilines is 1. The zero-order chi connectivity index (χ0) is 26.4. The number of nitrogens with zero attached hydrogens (tertiary/aromatic N) is 1. The predicted molar refractivity (Wildman–Crippen MR) is 145 cm³/mol. The minimum absolute atomic E-state index is 0.0573. The van der Waals surface area contributed by atoms with Crippen LogP contribution in [0.25, 0.3) is 0 Å². The highest BCUT2D eigenvalue weighted by Crippen LogP contribution is 2.25.